The number of anilines is 1. The Bertz CT molecular complexity index is 447. The van der Waals surface area contributed by atoms with Gasteiger partial charge in [0.15, 0.2) is 0 Å². The molecular weight excluding hydrogens is 270 g/mol. The van der Waals surface area contributed by atoms with Crippen molar-refractivity contribution in [1.82, 2.24) is 9.97 Å². The summed E-state index contributed by atoms with van der Waals surface area (Å²) < 4.78 is 0.850. The van der Waals surface area contributed by atoms with Crippen molar-refractivity contribution in [3.63, 3.8) is 0 Å². The molecule has 1 fully saturated rings. The maximum Gasteiger partial charge on any atom is 0.232 e. The molecule has 84 valence electrons. The van der Waals surface area contributed by atoms with Crippen LogP contribution in [-0.2, 0) is 4.79 Å². The molecule has 0 bridgehead atoms. The van der Waals surface area contributed by atoms with Gasteiger partial charge < -0.3 is 0 Å². The lowest BCUT2D eigenvalue weighted by atomic mass is 10.1. The summed E-state index contributed by atoms with van der Waals surface area (Å²) in [6.07, 6.45) is 3.98. The molecule has 0 aliphatic carbocycles. The molecule has 0 N–H and O–H groups in total. The maximum atomic E-state index is 11.7. The van der Waals surface area contributed by atoms with Crippen LogP contribution >= 0.6 is 15.9 Å². The van der Waals surface area contributed by atoms with Crippen molar-refractivity contribution in [1.29, 1.82) is 0 Å². The summed E-state index contributed by atoms with van der Waals surface area (Å²) in [4.78, 5) is 21.8. The van der Waals surface area contributed by atoms with Gasteiger partial charge in [-0.2, -0.15) is 0 Å². The lowest BCUT2D eigenvalue weighted by molar-refractivity contribution is -0.117. The molecule has 0 aromatic carbocycles. The van der Waals surface area contributed by atoms with Gasteiger partial charge in [0.2, 0.25) is 11.9 Å². The van der Waals surface area contributed by atoms with E-state index in [4.69, 9.17) is 0 Å². The Morgan fingerprint density at radius 2 is 2.44 bits per heavy atom. The largest absolute Gasteiger partial charge is 0.280 e. The standard InChI is InChI=1S/C11H12BrN3O/c1-3-8-4-10(16)15(6-8)11-13-5-9(12)7(2)14-11/h3,5,8H,1,4,6H2,2H3. The molecule has 5 heteroatoms. The first-order chi connectivity index (χ1) is 7.61. The van der Waals surface area contributed by atoms with Gasteiger partial charge >= 0.3 is 0 Å². The number of halogens is 1. The molecule has 1 atom stereocenters. The van der Waals surface area contributed by atoms with E-state index < -0.39 is 0 Å². The Kier molecular flexibility index (Phi) is 3.05. The SMILES string of the molecule is C=CC1CC(=O)N(c2ncc(Br)c(C)n2)C1. The lowest BCUT2D eigenvalue weighted by Crippen LogP contribution is -2.26. The van der Waals surface area contributed by atoms with Crippen LogP contribution in [0.1, 0.15) is 12.1 Å². The predicted octanol–water partition coefficient (Wildman–Crippen LogP) is 2.09. The van der Waals surface area contributed by atoms with Gasteiger partial charge in [0.05, 0.1) is 10.2 Å². The fourth-order valence-corrected chi connectivity index (χ4v) is 1.85. The summed E-state index contributed by atoms with van der Waals surface area (Å²) in [5, 5.41) is 0. The van der Waals surface area contributed by atoms with Crippen molar-refractivity contribution >= 4 is 27.8 Å². The number of hydrogen-bond donors (Lipinski definition) is 0. The van der Waals surface area contributed by atoms with Crippen LogP contribution in [0.15, 0.2) is 23.3 Å². The first-order valence-electron chi connectivity index (χ1n) is 5.04. The smallest absolute Gasteiger partial charge is 0.232 e. The number of carbonyl (C=O) groups is 1. The van der Waals surface area contributed by atoms with Crippen LogP contribution in [0.4, 0.5) is 5.95 Å². The zero-order valence-corrected chi connectivity index (χ0v) is 10.6. The van der Waals surface area contributed by atoms with Crippen molar-refractivity contribution in [2.24, 2.45) is 5.92 Å². The third-order valence-electron chi connectivity index (χ3n) is 2.64. The minimum atomic E-state index is 0.0617. The van der Waals surface area contributed by atoms with E-state index in [-0.39, 0.29) is 11.8 Å². The van der Waals surface area contributed by atoms with Crippen molar-refractivity contribution in [3.8, 4) is 0 Å². The number of nitrogens with zero attached hydrogens (tertiary/aromatic N) is 3. The average Bonchev–Trinajstić information content (AvgIpc) is 2.64. The van der Waals surface area contributed by atoms with Crippen LogP contribution in [0.3, 0.4) is 0 Å². The van der Waals surface area contributed by atoms with E-state index in [1.165, 1.54) is 0 Å². The van der Waals surface area contributed by atoms with Crippen LogP contribution in [0.2, 0.25) is 0 Å². The topological polar surface area (TPSA) is 46.1 Å². The molecule has 2 heterocycles. The number of amides is 1. The summed E-state index contributed by atoms with van der Waals surface area (Å²) in [6, 6.07) is 0. The molecule has 0 saturated carbocycles. The molecule has 0 radical (unpaired) electrons. The molecule has 0 spiro atoms. The van der Waals surface area contributed by atoms with E-state index in [2.05, 4.69) is 32.5 Å². The number of aryl methyl sites for hydroxylation is 1. The lowest BCUT2D eigenvalue weighted by Gasteiger charge is -2.14. The first kappa shape index (κ1) is 11.3. The van der Waals surface area contributed by atoms with Gasteiger partial charge in [0.1, 0.15) is 0 Å². The zero-order valence-electron chi connectivity index (χ0n) is 8.98. The molecule has 1 aromatic heterocycles. The molecule has 1 aliphatic rings. The summed E-state index contributed by atoms with van der Waals surface area (Å²) in [6.45, 7) is 6.21. The quantitative estimate of drug-likeness (QED) is 0.780. The van der Waals surface area contributed by atoms with Crippen molar-refractivity contribution in [2.75, 3.05) is 11.4 Å². The number of carbonyl (C=O) groups excluding carboxylic acids is 1. The number of rotatable bonds is 2. The normalized spacial score (nSPS) is 20.2. The highest BCUT2D eigenvalue weighted by Gasteiger charge is 2.30. The third kappa shape index (κ3) is 2.00. The van der Waals surface area contributed by atoms with Crippen LogP contribution in [0, 0.1) is 12.8 Å². The van der Waals surface area contributed by atoms with Gasteiger partial charge in [-0.15, -0.1) is 6.58 Å². The average molecular weight is 282 g/mol. The molecule has 1 saturated heterocycles. The Labute approximate surface area is 103 Å². The second kappa shape index (κ2) is 4.33. The minimum absolute atomic E-state index is 0.0617. The minimum Gasteiger partial charge on any atom is -0.280 e. The van der Waals surface area contributed by atoms with Crippen molar-refractivity contribution in [3.05, 3.63) is 29.0 Å². The van der Waals surface area contributed by atoms with Gasteiger partial charge in [-0.05, 0) is 22.9 Å². The molecular formula is C11H12BrN3O. The van der Waals surface area contributed by atoms with Crippen LogP contribution in [0.5, 0.6) is 0 Å². The highest BCUT2D eigenvalue weighted by Crippen LogP contribution is 2.24. The van der Waals surface area contributed by atoms with Crippen LogP contribution < -0.4 is 4.90 Å². The van der Waals surface area contributed by atoms with Gasteiger partial charge in [0, 0.05) is 25.1 Å². The third-order valence-corrected chi connectivity index (χ3v) is 3.41. The molecule has 1 aliphatic heterocycles. The van der Waals surface area contributed by atoms with E-state index in [0.29, 0.717) is 18.9 Å². The maximum absolute atomic E-state index is 11.7. The van der Waals surface area contributed by atoms with E-state index in [1.54, 1.807) is 11.1 Å². The van der Waals surface area contributed by atoms with Gasteiger partial charge in [0.25, 0.3) is 0 Å². The Hall–Kier alpha value is -1.23. The zero-order chi connectivity index (χ0) is 11.7. The molecule has 1 amide bonds. The summed E-state index contributed by atoms with van der Waals surface area (Å²) in [7, 11) is 0. The molecule has 2 rings (SSSR count). The fourth-order valence-electron chi connectivity index (χ4n) is 1.66. The second-order valence-corrected chi connectivity index (χ2v) is 4.66. The van der Waals surface area contributed by atoms with E-state index in [9.17, 15) is 4.79 Å². The second-order valence-electron chi connectivity index (χ2n) is 3.81. The van der Waals surface area contributed by atoms with Gasteiger partial charge in [-0.1, -0.05) is 6.08 Å². The van der Waals surface area contributed by atoms with E-state index in [1.807, 2.05) is 13.0 Å². The Balaban J connectivity index is 2.27. The number of hydrogen-bond acceptors (Lipinski definition) is 3. The fraction of sp³-hybridized carbons (Fsp3) is 0.364. The van der Waals surface area contributed by atoms with Gasteiger partial charge in [-0.25, -0.2) is 9.97 Å². The molecule has 1 unspecified atom stereocenters. The number of aromatic nitrogens is 2. The van der Waals surface area contributed by atoms with E-state index in [0.717, 1.165) is 10.2 Å². The van der Waals surface area contributed by atoms with E-state index >= 15 is 0 Å². The van der Waals surface area contributed by atoms with Crippen molar-refractivity contribution < 1.29 is 4.79 Å². The summed E-state index contributed by atoms with van der Waals surface area (Å²) in [5.41, 5.74) is 0.833. The van der Waals surface area contributed by atoms with Crippen molar-refractivity contribution in [2.45, 2.75) is 13.3 Å². The Morgan fingerprint density at radius 3 is 3.00 bits per heavy atom. The summed E-state index contributed by atoms with van der Waals surface area (Å²) in [5.74, 6) is 0.752. The van der Waals surface area contributed by atoms with Crippen LogP contribution in [0.25, 0.3) is 0 Å². The molecule has 4 nitrogen and oxygen atoms in total. The predicted molar refractivity (Wildman–Crippen MR) is 65.1 cm³/mol. The highest BCUT2D eigenvalue weighted by atomic mass is 79.9. The van der Waals surface area contributed by atoms with Crippen LogP contribution in [-0.4, -0.2) is 22.4 Å². The molecule has 1 aromatic rings. The summed E-state index contributed by atoms with van der Waals surface area (Å²) >= 11 is 3.33. The van der Waals surface area contributed by atoms with Gasteiger partial charge in [-0.3, -0.25) is 9.69 Å². The monoisotopic (exact) mass is 281 g/mol. The molecule has 16 heavy (non-hydrogen) atoms. The highest BCUT2D eigenvalue weighted by molar-refractivity contribution is 9.10. The Morgan fingerprint density at radius 1 is 1.69 bits per heavy atom. The first-order valence-corrected chi connectivity index (χ1v) is 5.83.